The number of amides is 3. The average molecular weight is 612 g/mol. The number of nitrogens with one attached hydrogen (secondary N) is 1. The molecule has 0 radical (unpaired) electrons. The third kappa shape index (κ3) is 6.45. The van der Waals surface area contributed by atoms with Crippen molar-refractivity contribution < 1.29 is 24.3 Å². The van der Waals surface area contributed by atoms with Crippen molar-refractivity contribution in [3.63, 3.8) is 0 Å². The smallest absolute Gasteiger partial charge is 0.352 e. The lowest BCUT2D eigenvalue weighted by Gasteiger charge is -2.34. The van der Waals surface area contributed by atoms with Gasteiger partial charge >= 0.3 is 5.97 Å². The first-order valence-electron chi connectivity index (χ1n) is 15.2. The van der Waals surface area contributed by atoms with Gasteiger partial charge in [-0.05, 0) is 81.7 Å². The van der Waals surface area contributed by atoms with Crippen LogP contribution in [-0.2, 0) is 9.59 Å². The Labute approximate surface area is 257 Å². The SMILES string of the molecule is CC(=O)N1CCC(C(=O)N(CCCN2CC3CN(C(=O)c4c(C)[nH]c(C(=O)O)c4C)CC3C2)c2ccc(C)c(Cl)c2)CC1. The summed E-state index contributed by atoms with van der Waals surface area (Å²) in [6, 6.07) is 5.78. The van der Waals surface area contributed by atoms with E-state index in [1.165, 1.54) is 0 Å². The second kappa shape index (κ2) is 12.7. The minimum atomic E-state index is -1.06. The van der Waals surface area contributed by atoms with Crippen molar-refractivity contribution in [2.24, 2.45) is 17.8 Å². The molecule has 0 aliphatic carbocycles. The Kier molecular flexibility index (Phi) is 9.18. The van der Waals surface area contributed by atoms with E-state index in [2.05, 4.69) is 9.88 Å². The van der Waals surface area contributed by atoms with E-state index in [-0.39, 0.29) is 29.3 Å². The Hall–Kier alpha value is -3.37. The first-order chi connectivity index (χ1) is 20.4. The van der Waals surface area contributed by atoms with Crippen molar-refractivity contribution >= 4 is 41.0 Å². The quantitative estimate of drug-likeness (QED) is 0.466. The van der Waals surface area contributed by atoms with Crippen LogP contribution < -0.4 is 4.90 Å². The maximum absolute atomic E-state index is 13.8. The number of nitrogens with zero attached hydrogens (tertiary/aromatic N) is 4. The second-order valence-corrected chi connectivity index (χ2v) is 12.9. The molecule has 2 unspecified atom stereocenters. The Balaban J connectivity index is 1.17. The maximum Gasteiger partial charge on any atom is 0.352 e. The molecule has 0 bridgehead atoms. The van der Waals surface area contributed by atoms with Crippen molar-refractivity contribution in [1.29, 1.82) is 0 Å². The number of aromatic amines is 1. The summed E-state index contributed by atoms with van der Waals surface area (Å²) >= 11 is 6.45. The molecule has 1 aromatic heterocycles. The molecule has 10 nitrogen and oxygen atoms in total. The lowest BCUT2D eigenvalue weighted by atomic mass is 9.94. The number of aryl methyl sites for hydroxylation is 2. The number of halogens is 1. The summed E-state index contributed by atoms with van der Waals surface area (Å²) in [4.78, 5) is 61.2. The number of anilines is 1. The van der Waals surface area contributed by atoms with Gasteiger partial charge in [0.2, 0.25) is 11.8 Å². The third-order valence-electron chi connectivity index (χ3n) is 9.59. The van der Waals surface area contributed by atoms with Crippen LogP contribution in [0.2, 0.25) is 5.02 Å². The fourth-order valence-electron chi connectivity index (χ4n) is 7.11. The number of benzene rings is 1. The summed E-state index contributed by atoms with van der Waals surface area (Å²) in [5.41, 5.74) is 3.41. The number of H-pyrrole nitrogens is 1. The van der Waals surface area contributed by atoms with Gasteiger partial charge in [-0.2, -0.15) is 0 Å². The maximum atomic E-state index is 13.8. The number of fused-ring (bicyclic) bond motifs is 1. The monoisotopic (exact) mass is 611 g/mol. The number of hydrogen-bond acceptors (Lipinski definition) is 5. The number of piperidine rings is 1. The molecule has 3 aliphatic heterocycles. The lowest BCUT2D eigenvalue weighted by molar-refractivity contribution is -0.133. The molecule has 3 amide bonds. The first kappa shape index (κ1) is 31.1. The molecule has 232 valence electrons. The van der Waals surface area contributed by atoms with E-state index in [0.29, 0.717) is 79.2 Å². The van der Waals surface area contributed by atoms with E-state index in [9.17, 15) is 24.3 Å². The summed E-state index contributed by atoms with van der Waals surface area (Å²) in [7, 11) is 0. The Morgan fingerprint density at radius 2 is 1.65 bits per heavy atom. The Morgan fingerprint density at radius 3 is 2.21 bits per heavy atom. The van der Waals surface area contributed by atoms with E-state index < -0.39 is 5.97 Å². The molecule has 5 rings (SSSR count). The Bertz CT molecular complexity index is 1400. The zero-order valence-electron chi connectivity index (χ0n) is 25.5. The fourth-order valence-corrected chi connectivity index (χ4v) is 7.29. The molecule has 3 aliphatic rings. The summed E-state index contributed by atoms with van der Waals surface area (Å²) in [6.07, 6.45) is 2.14. The van der Waals surface area contributed by atoms with Crippen molar-refractivity contribution in [2.75, 3.05) is 57.3 Å². The number of likely N-dealkylation sites (tertiary alicyclic amines) is 3. The van der Waals surface area contributed by atoms with E-state index >= 15 is 0 Å². The van der Waals surface area contributed by atoms with E-state index in [4.69, 9.17) is 11.6 Å². The van der Waals surface area contributed by atoms with Crippen molar-refractivity contribution in [1.82, 2.24) is 19.7 Å². The van der Waals surface area contributed by atoms with Gasteiger partial charge in [0.05, 0.1) is 5.56 Å². The molecular formula is C32H42ClN5O5. The average Bonchev–Trinajstić information content (AvgIpc) is 3.63. The van der Waals surface area contributed by atoms with Crippen LogP contribution in [0.1, 0.15) is 63.9 Å². The van der Waals surface area contributed by atoms with Gasteiger partial charge in [0.1, 0.15) is 5.69 Å². The minimum absolute atomic E-state index is 0.0537. The highest BCUT2D eigenvalue weighted by Crippen LogP contribution is 2.33. The van der Waals surface area contributed by atoms with Crippen LogP contribution >= 0.6 is 11.6 Å². The molecule has 3 saturated heterocycles. The number of aromatic nitrogens is 1. The lowest BCUT2D eigenvalue weighted by Crippen LogP contribution is -2.44. The summed E-state index contributed by atoms with van der Waals surface area (Å²) in [5.74, 6) is -0.373. The van der Waals surface area contributed by atoms with Gasteiger partial charge in [-0.25, -0.2) is 4.79 Å². The molecule has 0 saturated carbocycles. The summed E-state index contributed by atoms with van der Waals surface area (Å²) in [5, 5.41) is 10.1. The summed E-state index contributed by atoms with van der Waals surface area (Å²) in [6.45, 7) is 12.7. The first-order valence-corrected chi connectivity index (χ1v) is 15.6. The Morgan fingerprint density at radius 1 is 1.00 bits per heavy atom. The highest BCUT2D eigenvalue weighted by Gasteiger charge is 2.42. The number of carbonyl (C=O) groups is 4. The van der Waals surface area contributed by atoms with Crippen LogP contribution in [0.25, 0.3) is 0 Å². The highest BCUT2D eigenvalue weighted by atomic mass is 35.5. The minimum Gasteiger partial charge on any atom is -0.477 e. The van der Waals surface area contributed by atoms with Crippen LogP contribution in [-0.4, -0.2) is 101 Å². The van der Waals surface area contributed by atoms with Crippen LogP contribution in [0.15, 0.2) is 18.2 Å². The zero-order chi connectivity index (χ0) is 31.0. The van der Waals surface area contributed by atoms with Gasteiger partial charge in [0.15, 0.2) is 0 Å². The van der Waals surface area contributed by atoms with Crippen molar-refractivity contribution in [3.05, 3.63) is 51.3 Å². The predicted molar refractivity (Wildman–Crippen MR) is 165 cm³/mol. The normalized spacial score (nSPS) is 20.9. The highest BCUT2D eigenvalue weighted by molar-refractivity contribution is 6.31. The number of carboxylic acid groups (broad SMARTS) is 1. The van der Waals surface area contributed by atoms with E-state index in [1.54, 1.807) is 20.8 Å². The van der Waals surface area contributed by atoms with Gasteiger partial charge in [-0.1, -0.05) is 17.7 Å². The zero-order valence-corrected chi connectivity index (χ0v) is 26.2. The summed E-state index contributed by atoms with van der Waals surface area (Å²) < 4.78 is 0. The van der Waals surface area contributed by atoms with Crippen molar-refractivity contribution in [2.45, 2.75) is 47.0 Å². The third-order valence-corrected chi connectivity index (χ3v) is 10.0. The topological polar surface area (TPSA) is 117 Å². The van der Waals surface area contributed by atoms with Gasteiger partial charge in [0, 0.05) is 75.1 Å². The molecule has 4 heterocycles. The van der Waals surface area contributed by atoms with E-state index in [1.807, 2.05) is 39.8 Å². The van der Waals surface area contributed by atoms with Gasteiger partial charge in [-0.15, -0.1) is 0 Å². The molecule has 2 atom stereocenters. The van der Waals surface area contributed by atoms with Gasteiger partial charge in [0.25, 0.3) is 5.91 Å². The number of carbonyl (C=O) groups excluding carboxylic acids is 3. The van der Waals surface area contributed by atoms with Crippen LogP contribution in [0.4, 0.5) is 5.69 Å². The van der Waals surface area contributed by atoms with Crippen LogP contribution in [0.5, 0.6) is 0 Å². The molecule has 2 aromatic rings. The van der Waals surface area contributed by atoms with Crippen LogP contribution in [0, 0.1) is 38.5 Å². The molecule has 0 spiro atoms. The number of rotatable bonds is 8. The van der Waals surface area contributed by atoms with Gasteiger partial charge < -0.3 is 29.7 Å². The number of carboxylic acids is 1. The molecule has 11 heteroatoms. The van der Waals surface area contributed by atoms with Crippen LogP contribution in [0.3, 0.4) is 0 Å². The number of aromatic carboxylic acids is 1. The molecule has 43 heavy (non-hydrogen) atoms. The largest absolute Gasteiger partial charge is 0.477 e. The van der Waals surface area contributed by atoms with Crippen molar-refractivity contribution in [3.8, 4) is 0 Å². The number of hydrogen-bond donors (Lipinski definition) is 2. The second-order valence-electron chi connectivity index (χ2n) is 12.5. The fraction of sp³-hybridized carbons (Fsp3) is 0.562. The van der Waals surface area contributed by atoms with E-state index in [0.717, 1.165) is 37.3 Å². The molecule has 2 N–H and O–H groups in total. The molecular weight excluding hydrogens is 570 g/mol. The standard InChI is InChI=1S/C32H42ClN5O5/c1-19-6-7-26(14-27(19)33)38(30(40)23-8-12-36(13-9-23)22(4)39)11-5-10-35-15-24-17-37(18-25(24)16-35)31(41)28-20(2)29(32(42)43)34-21(28)3/h6-7,14,23-25,34H,5,8-13,15-18H2,1-4H3,(H,42,43). The predicted octanol–water partition coefficient (Wildman–Crippen LogP) is 3.98. The van der Waals surface area contributed by atoms with Gasteiger partial charge in [-0.3, -0.25) is 14.4 Å². The molecule has 3 fully saturated rings. The molecule has 1 aromatic carbocycles.